The van der Waals surface area contributed by atoms with Crippen molar-refractivity contribution in [3.05, 3.63) is 0 Å². The molecule has 1 heterocycles. The van der Waals surface area contributed by atoms with Crippen molar-refractivity contribution >= 4 is 67.9 Å². The molecule has 4 aliphatic rings. The standard InChI is InChI=1S/3C3H5.3Bi.3O/c3*1-2-3-1;;;;;;/h3*1H,2-3H2;;;;;;. The molecule has 3 nitrogen and oxygen atoms in total. The molecule has 4 fully saturated rings. The van der Waals surface area contributed by atoms with Crippen molar-refractivity contribution in [2.45, 2.75) is 49.4 Å². The van der Waals surface area contributed by atoms with Gasteiger partial charge in [0.05, 0.1) is 0 Å². The van der Waals surface area contributed by atoms with E-state index in [1.165, 1.54) is 38.5 Å². The molecule has 15 heavy (non-hydrogen) atoms. The molecule has 1 aliphatic heterocycles. The van der Waals surface area contributed by atoms with E-state index in [1.807, 2.05) is 0 Å². The first kappa shape index (κ1) is 11.4. The molecule has 0 radical (unpaired) electrons. The fraction of sp³-hybridized carbons (Fsp3) is 1.00. The van der Waals surface area contributed by atoms with Crippen LogP contribution in [0.15, 0.2) is 0 Å². The van der Waals surface area contributed by atoms with E-state index in [1.54, 1.807) is 0 Å². The molecule has 0 atom stereocenters. The SMILES string of the molecule is C1C[CH]1[Bi]1[O][Bi]([CH]2CC2)[O][Bi]([CH]2CC2)[O]1. The van der Waals surface area contributed by atoms with Gasteiger partial charge in [-0.25, -0.2) is 0 Å². The number of hydrogen-bond donors (Lipinski definition) is 0. The van der Waals surface area contributed by atoms with Gasteiger partial charge in [0, 0.05) is 0 Å². The maximum atomic E-state index is 6.36. The Hall–Kier alpha value is 2.53. The maximum absolute atomic E-state index is 6.36. The van der Waals surface area contributed by atoms with Crippen molar-refractivity contribution in [2.75, 3.05) is 0 Å². The Bertz CT molecular complexity index is 217. The molecule has 3 saturated carbocycles. The first-order valence-corrected chi connectivity index (χ1v) is 20.4. The molecule has 1 saturated heterocycles. The molecular weight excluding hydrogens is 783 g/mol. The quantitative estimate of drug-likeness (QED) is 0.410. The normalized spacial score (nSPS) is 36.0. The Labute approximate surface area is 118 Å². The molecule has 0 aromatic carbocycles. The molecule has 0 bridgehead atoms. The third kappa shape index (κ3) is 2.76. The Balaban J connectivity index is 1.46. The minimum absolute atomic E-state index is 0.969. The van der Waals surface area contributed by atoms with Crippen molar-refractivity contribution in [1.82, 2.24) is 0 Å². The summed E-state index contributed by atoms with van der Waals surface area (Å²) in [5.74, 6) is 0. The Morgan fingerprint density at radius 3 is 1.00 bits per heavy atom. The topological polar surface area (TPSA) is 27.7 Å². The van der Waals surface area contributed by atoms with Crippen molar-refractivity contribution < 1.29 is 2.67 Å². The van der Waals surface area contributed by atoms with Crippen LogP contribution in [0.2, 0.25) is 10.9 Å². The molecule has 0 aromatic rings. The van der Waals surface area contributed by atoms with Crippen LogP contribution < -0.4 is 0 Å². The van der Waals surface area contributed by atoms with Crippen molar-refractivity contribution in [2.24, 2.45) is 0 Å². The zero-order valence-corrected chi connectivity index (χ0v) is 19.0. The van der Waals surface area contributed by atoms with Gasteiger partial charge in [-0.15, -0.1) is 0 Å². The van der Waals surface area contributed by atoms with Gasteiger partial charge in [-0.05, 0) is 0 Å². The van der Waals surface area contributed by atoms with Crippen LogP contribution in [0, 0.1) is 0 Å². The second-order valence-corrected chi connectivity index (χ2v) is 38.6. The van der Waals surface area contributed by atoms with E-state index >= 15 is 0 Å². The minimum atomic E-state index is -1.84. The zero-order chi connectivity index (χ0) is 9.83. The Morgan fingerprint density at radius 1 is 0.533 bits per heavy atom. The fourth-order valence-electron chi connectivity index (χ4n) is 1.54. The van der Waals surface area contributed by atoms with Crippen molar-refractivity contribution in [3.8, 4) is 0 Å². The fourth-order valence-corrected chi connectivity index (χ4v) is 86.9. The van der Waals surface area contributed by atoms with E-state index in [9.17, 15) is 0 Å². The molecule has 0 N–H and O–H groups in total. The van der Waals surface area contributed by atoms with Gasteiger partial charge in [0.15, 0.2) is 0 Å². The van der Waals surface area contributed by atoms with Gasteiger partial charge in [0.25, 0.3) is 0 Å². The number of hydrogen-bond acceptors (Lipinski definition) is 3. The van der Waals surface area contributed by atoms with Gasteiger partial charge < -0.3 is 0 Å². The van der Waals surface area contributed by atoms with Crippen LogP contribution in [-0.4, -0.2) is 67.9 Å². The molecule has 0 aromatic heterocycles. The van der Waals surface area contributed by atoms with E-state index in [0.717, 1.165) is 10.9 Å². The van der Waals surface area contributed by atoms with Gasteiger partial charge in [0.2, 0.25) is 0 Å². The van der Waals surface area contributed by atoms with Gasteiger partial charge in [-0.3, -0.25) is 0 Å². The summed E-state index contributed by atoms with van der Waals surface area (Å²) in [5, 5.41) is 0. The predicted octanol–water partition coefficient (Wildman–Crippen LogP) is 2.01. The van der Waals surface area contributed by atoms with Crippen LogP contribution in [0.4, 0.5) is 0 Å². The third-order valence-corrected chi connectivity index (χ3v) is 52.7. The van der Waals surface area contributed by atoms with Crippen LogP contribution in [0.1, 0.15) is 38.5 Å². The summed E-state index contributed by atoms with van der Waals surface area (Å²) >= 11 is -5.52. The Kier molecular flexibility index (Phi) is 3.46. The van der Waals surface area contributed by atoms with Crippen LogP contribution in [0.5, 0.6) is 0 Å². The molecule has 3 aliphatic carbocycles. The summed E-state index contributed by atoms with van der Waals surface area (Å²) < 4.78 is 22.0. The average molecular weight is 798 g/mol. The molecule has 4 rings (SSSR count). The third-order valence-electron chi connectivity index (χ3n) is 3.02. The monoisotopic (exact) mass is 798 g/mol. The zero-order valence-electron chi connectivity index (χ0n) is 8.54. The average Bonchev–Trinajstić information content (AvgIpc) is 3.20. The molecular formula is C9H15Bi3O3. The molecule has 0 spiro atoms. The molecule has 0 unspecified atom stereocenters. The van der Waals surface area contributed by atoms with E-state index < -0.39 is 67.9 Å². The summed E-state index contributed by atoms with van der Waals surface area (Å²) in [4.78, 5) is 0. The van der Waals surface area contributed by atoms with E-state index in [0.29, 0.717) is 0 Å². The second kappa shape index (κ2) is 4.57. The van der Waals surface area contributed by atoms with Crippen LogP contribution >= 0.6 is 0 Å². The van der Waals surface area contributed by atoms with E-state index in [2.05, 4.69) is 0 Å². The van der Waals surface area contributed by atoms with E-state index in [4.69, 9.17) is 2.67 Å². The first-order valence-electron chi connectivity index (χ1n) is 5.82. The van der Waals surface area contributed by atoms with Crippen molar-refractivity contribution in [3.63, 3.8) is 0 Å². The molecule has 0 amide bonds. The summed E-state index contributed by atoms with van der Waals surface area (Å²) in [6, 6.07) is 0. The summed E-state index contributed by atoms with van der Waals surface area (Å²) in [7, 11) is 0. The van der Waals surface area contributed by atoms with Crippen LogP contribution in [0.3, 0.4) is 0 Å². The molecule has 6 heteroatoms. The summed E-state index contributed by atoms with van der Waals surface area (Å²) in [6.07, 6.45) is 8.60. The second-order valence-electron chi connectivity index (χ2n) is 4.79. The van der Waals surface area contributed by atoms with Crippen LogP contribution in [0.25, 0.3) is 0 Å². The van der Waals surface area contributed by atoms with Gasteiger partial charge in [0.1, 0.15) is 0 Å². The van der Waals surface area contributed by atoms with Gasteiger partial charge in [-0.2, -0.15) is 0 Å². The summed E-state index contributed by atoms with van der Waals surface area (Å²) in [5.41, 5.74) is 0. The predicted molar refractivity (Wildman–Crippen MR) is 59.5 cm³/mol. The number of rotatable bonds is 3. The summed E-state index contributed by atoms with van der Waals surface area (Å²) in [6.45, 7) is 0. The van der Waals surface area contributed by atoms with Crippen molar-refractivity contribution in [1.29, 1.82) is 0 Å². The van der Waals surface area contributed by atoms with E-state index in [-0.39, 0.29) is 0 Å². The Morgan fingerprint density at radius 2 is 0.800 bits per heavy atom. The first-order chi connectivity index (χ1) is 7.40. The van der Waals surface area contributed by atoms with Crippen LogP contribution in [-0.2, 0) is 2.67 Å². The molecule has 84 valence electrons. The van der Waals surface area contributed by atoms with Gasteiger partial charge >= 0.3 is 120 Å². The van der Waals surface area contributed by atoms with Gasteiger partial charge in [-0.1, -0.05) is 0 Å².